The molecule has 100 valence electrons. The summed E-state index contributed by atoms with van der Waals surface area (Å²) in [6, 6.07) is 7.08. The minimum Gasteiger partial charge on any atom is -0.468 e. The number of carbonyl (C=O) groups excluding carboxylic acids is 1. The average molecular weight is 290 g/mol. The van der Waals surface area contributed by atoms with Gasteiger partial charge in [-0.25, -0.2) is 5.09 Å². The highest BCUT2D eigenvalue weighted by molar-refractivity contribution is 7.50. The zero-order chi connectivity index (χ0) is 13.8. The van der Waals surface area contributed by atoms with Gasteiger partial charge in [-0.2, -0.15) is 0 Å². The number of nitrogens with one attached hydrogen (secondary N) is 1. The summed E-state index contributed by atoms with van der Waals surface area (Å²) in [5, 5.41) is 3.76. The van der Waals surface area contributed by atoms with E-state index in [1.54, 1.807) is 38.1 Å². The van der Waals surface area contributed by atoms with Crippen LogP contribution in [0.15, 0.2) is 24.3 Å². The maximum absolute atomic E-state index is 11.5. The van der Waals surface area contributed by atoms with E-state index in [0.29, 0.717) is 10.8 Å². The fraction of sp³-hybridized carbons (Fsp3) is 0.417. The van der Waals surface area contributed by atoms with E-state index in [2.05, 4.69) is 5.09 Å². The van der Waals surface area contributed by atoms with Gasteiger partial charge in [0.25, 0.3) is 0 Å². The van der Waals surface area contributed by atoms with Gasteiger partial charge in [0.15, 0.2) is 8.30 Å². The molecule has 0 aromatic heterocycles. The molecule has 0 radical (unpaired) electrons. The van der Waals surface area contributed by atoms with Crippen molar-refractivity contribution in [2.75, 3.05) is 13.8 Å². The number of halogens is 1. The van der Waals surface area contributed by atoms with E-state index in [9.17, 15) is 4.79 Å². The van der Waals surface area contributed by atoms with Crippen molar-refractivity contribution in [1.29, 1.82) is 0 Å². The van der Waals surface area contributed by atoms with Crippen LogP contribution in [-0.2, 0) is 9.53 Å². The van der Waals surface area contributed by atoms with Crippen LogP contribution in [0.1, 0.15) is 13.8 Å². The monoisotopic (exact) mass is 289 g/mol. The molecule has 0 saturated heterocycles. The van der Waals surface area contributed by atoms with Gasteiger partial charge in [0.05, 0.1) is 7.11 Å². The summed E-state index contributed by atoms with van der Waals surface area (Å²) >= 11 is 5.79. The van der Waals surface area contributed by atoms with Crippen LogP contribution in [0, 0.1) is 0 Å². The number of benzene rings is 1. The van der Waals surface area contributed by atoms with Crippen LogP contribution >= 0.6 is 19.9 Å². The molecular weight excluding hydrogens is 273 g/mol. The first-order valence-electron chi connectivity index (χ1n) is 5.38. The van der Waals surface area contributed by atoms with Gasteiger partial charge < -0.3 is 9.26 Å². The first-order valence-corrected chi connectivity index (χ1v) is 7.47. The SMILES string of the molecule is COC(=O)C(C)(C)NP(C)Oc1ccc(Cl)cc1. The fourth-order valence-electron chi connectivity index (χ4n) is 1.37. The molecule has 18 heavy (non-hydrogen) atoms. The minimum atomic E-state index is -0.987. The Hall–Kier alpha value is -0.830. The second kappa shape index (κ2) is 6.37. The van der Waals surface area contributed by atoms with Crippen molar-refractivity contribution in [3.8, 4) is 5.75 Å². The van der Waals surface area contributed by atoms with Crippen LogP contribution in [0.25, 0.3) is 0 Å². The molecule has 0 aliphatic heterocycles. The Morgan fingerprint density at radius 2 is 1.89 bits per heavy atom. The van der Waals surface area contributed by atoms with Crippen LogP contribution in [0.4, 0.5) is 0 Å². The lowest BCUT2D eigenvalue weighted by Crippen LogP contribution is -2.45. The summed E-state index contributed by atoms with van der Waals surface area (Å²) in [6.45, 7) is 5.39. The van der Waals surface area contributed by atoms with E-state index < -0.39 is 13.8 Å². The number of methoxy groups -OCH3 is 1. The molecule has 0 aliphatic rings. The second-order valence-electron chi connectivity index (χ2n) is 4.27. The van der Waals surface area contributed by atoms with Gasteiger partial charge in [0.1, 0.15) is 11.3 Å². The molecule has 0 aliphatic carbocycles. The van der Waals surface area contributed by atoms with Crippen molar-refractivity contribution in [2.24, 2.45) is 0 Å². The quantitative estimate of drug-likeness (QED) is 0.668. The van der Waals surface area contributed by atoms with Crippen LogP contribution in [0.2, 0.25) is 5.02 Å². The molecular formula is C12H17ClNO3P. The third-order valence-electron chi connectivity index (χ3n) is 2.19. The Labute approximate surface area is 114 Å². The maximum atomic E-state index is 11.5. The Bertz CT molecular complexity index is 408. The van der Waals surface area contributed by atoms with E-state index in [1.165, 1.54) is 7.11 Å². The maximum Gasteiger partial charge on any atom is 0.325 e. The number of rotatable bonds is 5. The molecule has 0 heterocycles. The molecule has 6 heteroatoms. The highest BCUT2D eigenvalue weighted by Gasteiger charge is 2.30. The Morgan fingerprint density at radius 1 is 1.33 bits per heavy atom. The first-order chi connectivity index (χ1) is 8.35. The third-order valence-corrected chi connectivity index (χ3v) is 3.80. The van der Waals surface area contributed by atoms with Crippen molar-refractivity contribution >= 4 is 25.9 Å². The van der Waals surface area contributed by atoms with Gasteiger partial charge in [-0.05, 0) is 38.1 Å². The number of hydrogen-bond donors (Lipinski definition) is 1. The Kier molecular flexibility index (Phi) is 5.39. The lowest BCUT2D eigenvalue weighted by molar-refractivity contribution is -0.146. The highest BCUT2D eigenvalue weighted by Crippen LogP contribution is 2.33. The second-order valence-corrected chi connectivity index (χ2v) is 6.11. The Balaban J connectivity index is 2.58. The molecule has 0 fully saturated rings. The predicted molar refractivity (Wildman–Crippen MR) is 74.2 cm³/mol. The molecule has 0 spiro atoms. The standard InChI is InChI=1S/C12H17ClNO3P/c1-12(2,11(15)16-3)14-18(4)17-10-7-5-9(13)6-8-10/h5-8,14H,1-4H3. The molecule has 4 nitrogen and oxygen atoms in total. The van der Waals surface area contributed by atoms with Gasteiger partial charge >= 0.3 is 5.97 Å². The van der Waals surface area contributed by atoms with Gasteiger partial charge in [0.2, 0.25) is 0 Å². The summed E-state index contributed by atoms with van der Waals surface area (Å²) in [7, 11) is 0.378. The van der Waals surface area contributed by atoms with Crippen molar-refractivity contribution in [3.63, 3.8) is 0 Å². The zero-order valence-electron chi connectivity index (χ0n) is 10.9. The molecule has 1 unspecified atom stereocenters. The molecule has 1 N–H and O–H groups in total. The summed E-state index contributed by atoms with van der Waals surface area (Å²) < 4.78 is 10.4. The molecule has 0 bridgehead atoms. The normalized spacial score (nSPS) is 12.9. The van der Waals surface area contributed by atoms with Crippen molar-refractivity contribution in [1.82, 2.24) is 5.09 Å². The summed E-state index contributed by atoms with van der Waals surface area (Å²) in [5.74, 6) is 0.387. The van der Waals surface area contributed by atoms with E-state index >= 15 is 0 Å². The largest absolute Gasteiger partial charge is 0.468 e. The van der Waals surface area contributed by atoms with E-state index in [-0.39, 0.29) is 5.97 Å². The van der Waals surface area contributed by atoms with Gasteiger partial charge in [-0.15, -0.1) is 0 Å². The summed E-state index contributed by atoms with van der Waals surface area (Å²) in [5.41, 5.74) is -0.776. The third kappa shape index (κ3) is 4.45. The smallest absolute Gasteiger partial charge is 0.325 e. The van der Waals surface area contributed by atoms with Gasteiger partial charge in [-0.3, -0.25) is 4.79 Å². The van der Waals surface area contributed by atoms with Crippen LogP contribution in [0.5, 0.6) is 5.75 Å². The molecule has 0 saturated carbocycles. The van der Waals surface area contributed by atoms with Crippen LogP contribution < -0.4 is 9.61 Å². The highest BCUT2D eigenvalue weighted by atomic mass is 35.5. The average Bonchev–Trinajstić information content (AvgIpc) is 2.30. The predicted octanol–water partition coefficient (Wildman–Crippen LogP) is 3.20. The number of esters is 1. The van der Waals surface area contributed by atoms with Gasteiger partial charge in [0, 0.05) is 11.7 Å². The van der Waals surface area contributed by atoms with Crippen molar-refractivity contribution in [2.45, 2.75) is 19.4 Å². The summed E-state index contributed by atoms with van der Waals surface area (Å²) in [4.78, 5) is 11.5. The van der Waals surface area contributed by atoms with Crippen LogP contribution in [0.3, 0.4) is 0 Å². The van der Waals surface area contributed by atoms with E-state index in [4.69, 9.17) is 20.9 Å². The van der Waals surface area contributed by atoms with Crippen molar-refractivity contribution < 1.29 is 14.1 Å². The molecule has 1 rings (SSSR count). The first kappa shape index (κ1) is 15.2. The van der Waals surface area contributed by atoms with E-state index in [0.717, 1.165) is 0 Å². The molecule has 1 aromatic rings. The molecule has 1 aromatic carbocycles. The minimum absolute atomic E-state index is 0.323. The molecule has 1 atom stereocenters. The Morgan fingerprint density at radius 3 is 2.39 bits per heavy atom. The topological polar surface area (TPSA) is 47.6 Å². The zero-order valence-corrected chi connectivity index (χ0v) is 12.5. The lowest BCUT2D eigenvalue weighted by atomic mass is 10.1. The molecule has 0 amide bonds. The van der Waals surface area contributed by atoms with Crippen LogP contribution in [-0.4, -0.2) is 25.3 Å². The van der Waals surface area contributed by atoms with Crippen molar-refractivity contribution in [3.05, 3.63) is 29.3 Å². The van der Waals surface area contributed by atoms with Gasteiger partial charge in [-0.1, -0.05) is 11.6 Å². The van der Waals surface area contributed by atoms with E-state index in [1.807, 2.05) is 6.66 Å². The lowest BCUT2D eigenvalue weighted by Gasteiger charge is -2.27. The number of carbonyl (C=O) groups is 1. The number of hydrogen-bond acceptors (Lipinski definition) is 4. The fourth-order valence-corrected chi connectivity index (χ4v) is 2.86. The summed E-state index contributed by atoms with van der Waals surface area (Å²) in [6.07, 6.45) is 0. The number of ether oxygens (including phenoxy) is 1.